The van der Waals surface area contributed by atoms with Crippen molar-refractivity contribution < 1.29 is 14.6 Å². The third-order valence-corrected chi connectivity index (χ3v) is 2.51. The van der Waals surface area contributed by atoms with E-state index in [9.17, 15) is 4.79 Å². The number of aliphatic hydroxyl groups excluding tert-OH is 1. The zero-order chi connectivity index (χ0) is 11.3. The van der Waals surface area contributed by atoms with Gasteiger partial charge in [-0.25, -0.2) is 4.79 Å². The summed E-state index contributed by atoms with van der Waals surface area (Å²) in [7, 11) is 1.63. The van der Waals surface area contributed by atoms with E-state index in [0.717, 1.165) is 12.8 Å². The van der Waals surface area contributed by atoms with Gasteiger partial charge < -0.3 is 20.5 Å². The lowest BCUT2D eigenvalue weighted by Gasteiger charge is -2.19. The van der Waals surface area contributed by atoms with Gasteiger partial charge in [0.05, 0.1) is 25.3 Å². The van der Waals surface area contributed by atoms with Crippen LogP contribution in [0.2, 0.25) is 0 Å². The molecule has 1 unspecified atom stereocenters. The summed E-state index contributed by atoms with van der Waals surface area (Å²) in [4.78, 5) is 11.4. The molecule has 0 aromatic rings. The lowest BCUT2D eigenvalue weighted by atomic mass is 10.2. The van der Waals surface area contributed by atoms with E-state index < -0.39 is 0 Å². The van der Waals surface area contributed by atoms with Gasteiger partial charge in [0, 0.05) is 7.11 Å². The lowest BCUT2D eigenvalue weighted by Crippen LogP contribution is -2.48. The van der Waals surface area contributed by atoms with Crippen molar-refractivity contribution >= 4 is 6.03 Å². The third-order valence-electron chi connectivity index (χ3n) is 2.51. The SMILES string of the molecule is COCC(NC(=O)N[C@@H](C)CO)C1CC1. The van der Waals surface area contributed by atoms with Crippen LogP contribution in [0.3, 0.4) is 0 Å². The van der Waals surface area contributed by atoms with E-state index in [4.69, 9.17) is 9.84 Å². The summed E-state index contributed by atoms with van der Waals surface area (Å²) in [6.07, 6.45) is 2.31. The number of carbonyl (C=O) groups is 1. The standard InChI is InChI=1S/C10H20N2O3/c1-7(5-13)11-10(14)12-9(6-15-2)8-3-4-8/h7-9,13H,3-6H2,1-2H3,(H2,11,12,14)/t7-,9?/m0/s1. The minimum absolute atomic E-state index is 0.0498. The number of amides is 2. The van der Waals surface area contributed by atoms with Crippen LogP contribution in [0.5, 0.6) is 0 Å². The van der Waals surface area contributed by atoms with Crippen LogP contribution < -0.4 is 10.6 Å². The van der Waals surface area contributed by atoms with Gasteiger partial charge in [0.25, 0.3) is 0 Å². The summed E-state index contributed by atoms with van der Waals surface area (Å²) in [5, 5.41) is 14.3. The highest BCUT2D eigenvalue weighted by molar-refractivity contribution is 5.74. The number of aliphatic hydroxyl groups is 1. The molecular weight excluding hydrogens is 196 g/mol. The first-order valence-electron chi connectivity index (χ1n) is 5.34. The fourth-order valence-corrected chi connectivity index (χ4v) is 1.45. The van der Waals surface area contributed by atoms with E-state index >= 15 is 0 Å². The molecule has 15 heavy (non-hydrogen) atoms. The molecule has 1 saturated carbocycles. The van der Waals surface area contributed by atoms with Crippen molar-refractivity contribution in [1.82, 2.24) is 10.6 Å². The molecule has 0 radical (unpaired) electrons. The topological polar surface area (TPSA) is 70.6 Å². The Morgan fingerprint density at radius 3 is 2.67 bits per heavy atom. The maximum atomic E-state index is 11.4. The zero-order valence-electron chi connectivity index (χ0n) is 9.32. The smallest absolute Gasteiger partial charge is 0.315 e. The molecule has 0 aromatic heterocycles. The number of nitrogens with one attached hydrogen (secondary N) is 2. The Kier molecular flexibility index (Phi) is 4.84. The fraction of sp³-hybridized carbons (Fsp3) is 0.900. The molecule has 0 bridgehead atoms. The van der Waals surface area contributed by atoms with Gasteiger partial charge in [0.2, 0.25) is 0 Å². The van der Waals surface area contributed by atoms with Gasteiger partial charge in [-0.15, -0.1) is 0 Å². The van der Waals surface area contributed by atoms with Gasteiger partial charge >= 0.3 is 6.03 Å². The predicted octanol–water partition coefficient (Wildman–Crippen LogP) is 0.0914. The number of methoxy groups -OCH3 is 1. The number of carbonyl (C=O) groups excluding carboxylic acids is 1. The van der Waals surface area contributed by atoms with Crippen molar-refractivity contribution in [2.24, 2.45) is 5.92 Å². The molecule has 0 spiro atoms. The number of rotatable bonds is 6. The second-order valence-electron chi connectivity index (χ2n) is 4.10. The molecule has 0 saturated heterocycles. The van der Waals surface area contributed by atoms with Crippen LogP contribution in [-0.4, -0.2) is 43.5 Å². The molecule has 1 fully saturated rings. The van der Waals surface area contributed by atoms with Crippen molar-refractivity contribution in [2.45, 2.75) is 31.8 Å². The number of hydrogen-bond donors (Lipinski definition) is 3. The minimum Gasteiger partial charge on any atom is -0.394 e. The van der Waals surface area contributed by atoms with Gasteiger partial charge in [-0.3, -0.25) is 0 Å². The van der Waals surface area contributed by atoms with E-state index in [2.05, 4.69) is 10.6 Å². The van der Waals surface area contributed by atoms with Gasteiger partial charge in [-0.2, -0.15) is 0 Å². The number of hydrogen-bond acceptors (Lipinski definition) is 3. The largest absolute Gasteiger partial charge is 0.394 e. The van der Waals surface area contributed by atoms with E-state index in [1.165, 1.54) is 0 Å². The van der Waals surface area contributed by atoms with E-state index in [1.54, 1.807) is 14.0 Å². The Bertz CT molecular complexity index is 207. The summed E-state index contributed by atoms with van der Waals surface area (Å²) in [5.74, 6) is 0.556. The number of urea groups is 1. The zero-order valence-corrected chi connectivity index (χ0v) is 9.32. The fourth-order valence-electron chi connectivity index (χ4n) is 1.45. The lowest BCUT2D eigenvalue weighted by molar-refractivity contribution is 0.156. The summed E-state index contributed by atoms with van der Waals surface area (Å²) < 4.78 is 5.05. The molecule has 2 amide bonds. The average Bonchev–Trinajstić information content (AvgIpc) is 3.00. The van der Waals surface area contributed by atoms with Gasteiger partial charge in [0.1, 0.15) is 0 Å². The molecule has 1 aliphatic carbocycles. The molecule has 5 nitrogen and oxygen atoms in total. The van der Waals surface area contributed by atoms with Crippen LogP contribution in [0.25, 0.3) is 0 Å². The molecule has 5 heteroatoms. The van der Waals surface area contributed by atoms with Gasteiger partial charge in [-0.05, 0) is 25.7 Å². The van der Waals surface area contributed by atoms with Crippen LogP contribution >= 0.6 is 0 Å². The van der Waals surface area contributed by atoms with E-state index in [1.807, 2.05) is 0 Å². The predicted molar refractivity (Wildman–Crippen MR) is 56.6 cm³/mol. The Hall–Kier alpha value is -0.810. The van der Waals surface area contributed by atoms with Gasteiger partial charge in [-0.1, -0.05) is 0 Å². The van der Waals surface area contributed by atoms with Crippen LogP contribution in [-0.2, 0) is 4.74 Å². The molecular formula is C10H20N2O3. The van der Waals surface area contributed by atoms with Crippen LogP contribution in [0.4, 0.5) is 4.79 Å². The Labute approximate surface area is 90.2 Å². The highest BCUT2D eigenvalue weighted by Gasteiger charge is 2.32. The number of ether oxygens (including phenoxy) is 1. The Morgan fingerprint density at radius 1 is 1.53 bits per heavy atom. The maximum Gasteiger partial charge on any atom is 0.315 e. The van der Waals surface area contributed by atoms with Crippen molar-refractivity contribution in [3.63, 3.8) is 0 Å². The molecule has 1 rings (SSSR count). The van der Waals surface area contributed by atoms with Gasteiger partial charge in [0.15, 0.2) is 0 Å². The summed E-state index contributed by atoms with van der Waals surface area (Å²) in [6.45, 7) is 2.25. The Balaban J connectivity index is 2.27. The van der Waals surface area contributed by atoms with Crippen molar-refractivity contribution in [2.75, 3.05) is 20.3 Å². The highest BCUT2D eigenvalue weighted by Crippen LogP contribution is 2.32. The summed E-state index contributed by atoms with van der Waals surface area (Å²) in [5.41, 5.74) is 0. The Morgan fingerprint density at radius 2 is 2.20 bits per heavy atom. The quantitative estimate of drug-likeness (QED) is 0.589. The average molecular weight is 216 g/mol. The first-order chi connectivity index (χ1) is 7.17. The van der Waals surface area contributed by atoms with Crippen LogP contribution in [0, 0.1) is 5.92 Å². The van der Waals surface area contributed by atoms with Crippen LogP contribution in [0.1, 0.15) is 19.8 Å². The second-order valence-corrected chi connectivity index (χ2v) is 4.10. The molecule has 3 N–H and O–H groups in total. The molecule has 2 atom stereocenters. The van der Waals surface area contributed by atoms with Crippen molar-refractivity contribution in [3.8, 4) is 0 Å². The normalized spacial score (nSPS) is 19.4. The second kappa shape index (κ2) is 5.92. The minimum atomic E-state index is -0.231. The van der Waals surface area contributed by atoms with E-state index in [-0.39, 0.29) is 24.7 Å². The monoisotopic (exact) mass is 216 g/mol. The molecule has 0 aliphatic heterocycles. The molecule has 0 aromatic carbocycles. The molecule has 1 aliphatic rings. The highest BCUT2D eigenvalue weighted by atomic mass is 16.5. The van der Waals surface area contributed by atoms with Crippen molar-refractivity contribution in [3.05, 3.63) is 0 Å². The summed E-state index contributed by atoms with van der Waals surface area (Å²) >= 11 is 0. The first kappa shape index (κ1) is 12.3. The van der Waals surface area contributed by atoms with Crippen LogP contribution in [0.15, 0.2) is 0 Å². The molecule has 0 heterocycles. The summed E-state index contributed by atoms with van der Waals surface area (Å²) in [6, 6.07) is -0.348. The van der Waals surface area contributed by atoms with E-state index in [0.29, 0.717) is 12.5 Å². The molecule has 88 valence electrons. The maximum absolute atomic E-state index is 11.4. The third kappa shape index (κ3) is 4.48. The van der Waals surface area contributed by atoms with Crippen molar-refractivity contribution in [1.29, 1.82) is 0 Å². The first-order valence-corrected chi connectivity index (χ1v) is 5.34.